The molecule has 3 rings (SSSR count). The van der Waals surface area contributed by atoms with Crippen LogP contribution in [0.25, 0.3) is 10.2 Å². The molecule has 2 nitrogen and oxygen atoms in total. The molecular weight excluding hydrogens is 264 g/mol. The SMILES string of the molecule is NC(c1ccc(Cl)cc1)c1cnc2ccsc2c1. The van der Waals surface area contributed by atoms with E-state index in [2.05, 4.69) is 11.1 Å². The van der Waals surface area contributed by atoms with Crippen molar-refractivity contribution < 1.29 is 0 Å². The van der Waals surface area contributed by atoms with E-state index in [4.69, 9.17) is 17.3 Å². The fourth-order valence-corrected chi connectivity index (χ4v) is 2.81. The molecule has 0 saturated heterocycles. The topological polar surface area (TPSA) is 38.9 Å². The molecule has 0 saturated carbocycles. The average Bonchev–Trinajstić information content (AvgIpc) is 2.86. The monoisotopic (exact) mass is 274 g/mol. The van der Waals surface area contributed by atoms with Crippen LogP contribution in [0.4, 0.5) is 0 Å². The lowest BCUT2D eigenvalue weighted by atomic mass is 10.0. The molecule has 0 bridgehead atoms. The highest BCUT2D eigenvalue weighted by molar-refractivity contribution is 7.17. The van der Waals surface area contributed by atoms with Crippen molar-refractivity contribution in [1.29, 1.82) is 0 Å². The predicted octanol–water partition coefficient (Wildman–Crippen LogP) is 4.00. The molecule has 2 N–H and O–H groups in total. The number of hydrogen-bond donors (Lipinski definition) is 1. The molecule has 0 spiro atoms. The zero-order valence-electron chi connectivity index (χ0n) is 9.51. The van der Waals surface area contributed by atoms with E-state index in [1.807, 2.05) is 41.9 Å². The van der Waals surface area contributed by atoms with Gasteiger partial charge in [-0.3, -0.25) is 4.98 Å². The highest BCUT2D eigenvalue weighted by Gasteiger charge is 2.10. The van der Waals surface area contributed by atoms with Crippen LogP contribution in [-0.2, 0) is 0 Å². The summed E-state index contributed by atoms with van der Waals surface area (Å²) in [4.78, 5) is 4.41. The van der Waals surface area contributed by atoms with Crippen molar-refractivity contribution in [2.75, 3.05) is 0 Å². The Morgan fingerprint density at radius 3 is 2.67 bits per heavy atom. The van der Waals surface area contributed by atoms with Crippen molar-refractivity contribution in [3.05, 3.63) is 64.1 Å². The highest BCUT2D eigenvalue weighted by atomic mass is 35.5. The lowest BCUT2D eigenvalue weighted by Crippen LogP contribution is -2.11. The second-order valence-electron chi connectivity index (χ2n) is 4.10. The normalized spacial score (nSPS) is 12.8. The summed E-state index contributed by atoms with van der Waals surface area (Å²) in [6.07, 6.45) is 1.84. The van der Waals surface area contributed by atoms with Crippen LogP contribution in [0.15, 0.2) is 48.0 Å². The number of thiophene rings is 1. The molecule has 0 aliphatic rings. The minimum atomic E-state index is -0.165. The van der Waals surface area contributed by atoms with E-state index in [-0.39, 0.29) is 6.04 Å². The van der Waals surface area contributed by atoms with Gasteiger partial charge >= 0.3 is 0 Å². The first kappa shape index (κ1) is 11.7. The number of rotatable bonds is 2. The Hall–Kier alpha value is -1.42. The number of hydrogen-bond acceptors (Lipinski definition) is 3. The summed E-state index contributed by atoms with van der Waals surface area (Å²) in [6, 6.07) is 11.6. The summed E-state index contributed by atoms with van der Waals surface area (Å²) in [5.74, 6) is 0. The molecule has 3 aromatic rings. The van der Waals surface area contributed by atoms with Crippen LogP contribution in [0.5, 0.6) is 0 Å². The number of benzene rings is 1. The van der Waals surface area contributed by atoms with Crippen molar-refractivity contribution in [3.8, 4) is 0 Å². The van der Waals surface area contributed by atoms with Crippen LogP contribution < -0.4 is 5.73 Å². The minimum Gasteiger partial charge on any atom is -0.320 e. The van der Waals surface area contributed by atoms with E-state index in [9.17, 15) is 0 Å². The van der Waals surface area contributed by atoms with Crippen molar-refractivity contribution in [2.24, 2.45) is 5.73 Å². The summed E-state index contributed by atoms with van der Waals surface area (Å²) in [6.45, 7) is 0. The quantitative estimate of drug-likeness (QED) is 0.767. The van der Waals surface area contributed by atoms with E-state index in [0.29, 0.717) is 0 Å². The van der Waals surface area contributed by atoms with Crippen molar-refractivity contribution in [2.45, 2.75) is 6.04 Å². The maximum atomic E-state index is 6.25. The molecule has 1 atom stereocenters. The van der Waals surface area contributed by atoms with Gasteiger partial charge in [-0.2, -0.15) is 0 Å². The lowest BCUT2D eigenvalue weighted by Gasteiger charge is -2.12. The Morgan fingerprint density at radius 2 is 1.89 bits per heavy atom. The third-order valence-electron chi connectivity index (χ3n) is 2.91. The number of halogens is 1. The van der Waals surface area contributed by atoms with Gasteiger partial charge in [0.1, 0.15) is 0 Å². The molecule has 1 unspecified atom stereocenters. The molecule has 0 aliphatic carbocycles. The standard InChI is InChI=1S/C14H11ClN2S/c15-11-3-1-9(2-4-11)14(16)10-7-13-12(17-8-10)5-6-18-13/h1-8,14H,16H2. The highest BCUT2D eigenvalue weighted by Crippen LogP contribution is 2.25. The molecule has 0 amide bonds. The first-order chi connectivity index (χ1) is 8.74. The van der Waals surface area contributed by atoms with Crippen molar-refractivity contribution in [1.82, 2.24) is 4.98 Å². The molecule has 0 radical (unpaired) electrons. The smallest absolute Gasteiger partial charge is 0.0809 e. The number of pyridine rings is 1. The molecule has 90 valence electrons. The molecule has 2 aromatic heterocycles. The van der Waals surface area contributed by atoms with E-state index in [1.54, 1.807) is 11.3 Å². The van der Waals surface area contributed by atoms with Crippen LogP contribution in [0.3, 0.4) is 0 Å². The van der Waals surface area contributed by atoms with Gasteiger partial charge in [-0.25, -0.2) is 0 Å². The van der Waals surface area contributed by atoms with Gasteiger partial charge in [0.05, 0.1) is 16.3 Å². The predicted molar refractivity (Wildman–Crippen MR) is 77.1 cm³/mol. The fourth-order valence-electron chi connectivity index (χ4n) is 1.89. The summed E-state index contributed by atoms with van der Waals surface area (Å²) in [5.41, 5.74) is 9.33. The summed E-state index contributed by atoms with van der Waals surface area (Å²) in [7, 11) is 0. The minimum absolute atomic E-state index is 0.165. The van der Waals surface area contributed by atoms with Crippen LogP contribution in [0.2, 0.25) is 5.02 Å². The van der Waals surface area contributed by atoms with Crippen molar-refractivity contribution in [3.63, 3.8) is 0 Å². The zero-order valence-corrected chi connectivity index (χ0v) is 11.1. The Labute approximate surface area is 114 Å². The van der Waals surface area contributed by atoms with Gasteiger partial charge in [-0.15, -0.1) is 11.3 Å². The van der Waals surface area contributed by atoms with E-state index < -0.39 is 0 Å². The Morgan fingerprint density at radius 1 is 1.11 bits per heavy atom. The van der Waals surface area contributed by atoms with Gasteiger partial charge in [-0.1, -0.05) is 23.7 Å². The first-order valence-corrected chi connectivity index (χ1v) is 6.84. The maximum Gasteiger partial charge on any atom is 0.0809 e. The molecule has 0 aliphatic heterocycles. The van der Waals surface area contributed by atoms with Gasteiger partial charge < -0.3 is 5.73 Å². The number of fused-ring (bicyclic) bond motifs is 1. The number of nitrogens with zero attached hydrogens (tertiary/aromatic N) is 1. The third kappa shape index (κ3) is 2.12. The zero-order chi connectivity index (χ0) is 12.5. The molecule has 18 heavy (non-hydrogen) atoms. The fraction of sp³-hybridized carbons (Fsp3) is 0.0714. The second-order valence-corrected chi connectivity index (χ2v) is 5.49. The Kier molecular flexibility index (Phi) is 3.04. The lowest BCUT2D eigenvalue weighted by molar-refractivity contribution is 0.867. The van der Waals surface area contributed by atoms with Gasteiger partial charge in [0.25, 0.3) is 0 Å². The van der Waals surface area contributed by atoms with Crippen molar-refractivity contribution >= 4 is 33.2 Å². The molecule has 2 heterocycles. The van der Waals surface area contributed by atoms with Crippen LogP contribution in [-0.4, -0.2) is 4.98 Å². The number of aromatic nitrogens is 1. The van der Waals surface area contributed by atoms with Crippen LogP contribution in [0.1, 0.15) is 17.2 Å². The molecule has 1 aromatic carbocycles. The molecular formula is C14H11ClN2S. The first-order valence-electron chi connectivity index (χ1n) is 5.58. The van der Waals surface area contributed by atoms with Gasteiger partial charge in [0.2, 0.25) is 0 Å². The van der Waals surface area contributed by atoms with E-state index in [0.717, 1.165) is 26.4 Å². The van der Waals surface area contributed by atoms with Gasteiger partial charge in [0.15, 0.2) is 0 Å². The second kappa shape index (κ2) is 4.69. The molecule has 4 heteroatoms. The number of nitrogens with two attached hydrogens (primary N) is 1. The van der Waals surface area contributed by atoms with Gasteiger partial charge in [0, 0.05) is 11.2 Å². The molecule has 0 fully saturated rings. The Bertz CT molecular complexity index is 676. The van der Waals surface area contributed by atoms with E-state index >= 15 is 0 Å². The largest absolute Gasteiger partial charge is 0.320 e. The average molecular weight is 275 g/mol. The van der Waals surface area contributed by atoms with Gasteiger partial charge in [-0.05, 0) is 40.8 Å². The van der Waals surface area contributed by atoms with E-state index in [1.165, 1.54) is 0 Å². The maximum absolute atomic E-state index is 6.25. The van der Waals surface area contributed by atoms with Crippen LogP contribution >= 0.6 is 22.9 Å². The Balaban J connectivity index is 2.00. The summed E-state index contributed by atoms with van der Waals surface area (Å²) in [5, 5.41) is 2.76. The third-order valence-corrected chi connectivity index (χ3v) is 4.02. The summed E-state index contributed by atoms with van der Waals surface area (Å²) < 4.78 is 1.16. The summed E-state index contributed by atoms with van der Waals surface area (Å²) >= 11 is 7.55. The van der Waals surface area contributed by atoms with Crippen LogP contribution in [0, 0.1) is 0 Å².